The summed E-state index contributed by atoms with van der Waals surface area (Å²) < 4.78 is 12.1. The number of aromatic nitrogens is 2. The summed E-state index contributed by atoms with van der Waals surface area (Å²) in [6, 6.07) is 9.36. The molecule has 0 bridgehead atoms. The van der Waals surface area contributed by atoms with Gasteiger partial charge in [-0.2, -0.15) is 5.10 Å². The Labute approximate surface area is 139 Å². The van der Waals surface area contributed by atoms with E-state index in [9.17, 15) is 9.59 Å². The van der Waals surface area contributed by atoms with Crippen LogP contribution in [0.3, 0.4) is 0 Å². The van der Waals surface area contributed by atoms with E-state index in [-0.39, 0.29) is 11.6 Å². The molecule has 1 aromatic carbocycles. The van der Waals surface area contributed by atoms with Gasteiger partial charge in [0.15, 0.2) is 11.9 Å². The number of carbonyl (C=O) groups is 2. The van der Waals surface area contributed by atoms with E-state index < -0.39 is 12.1 Å². The number of benzene rings is 1. The van der Waals surface area contributed by atoms with Crippen LogP contribution in [0.2, 0.25) is 0 Å². The monoisotopic (exact) mass is 329 g/mol. The number of hydrogen-bond acceptors (Lipinski definition) is 5. The summed E-state index contributed by atoms with van der Waals surface area (Å²) in [5.41, 5.74) is 0.848. The van der Waals surface area contributed by atoms with Crippen LogP contribution in [0.1, 0.15) is 29.8 Å². The molecule has 1 atom stereocenters. The Morgan fingerprint density at radius 2 is 2.08 bits per heavy atom. The Morgan fingerprint density at radius 1 is 1.29 bits per heavy atom. The smallest absolute Gasteiger partial charge is 0.363 e. The molecule has 0 unspecified atom stereocenters. The lowest BCUT2D eigenvalue weighted by Crippen LogP contribution is -2.36. The second-order valence-electron chi connectivity index (χ2n) is 5.51. The SMILES string of the molecule is COc1cn(-c2ccccc2)nc1C(=O)O[C@H]1CCCCNC1=O. The van der Waals surface area contributed by atoms with Crippen molar-refractivity contribution in [1.29, 1.82) is 0 Å². The van der Waals surface area contributed by atoms with E-state index in [1.165, 1.54) is 7.11 Å². The molecule has 7 nitrogen and oxygen atoms in total. The first-order valence-electron chi connectivity index (χ1n) is 7.87. The van der Waals surface area contributed by atoms with Crippen molar-refractivity contribution in [3.8, 4) is 11.4 Å². The summed E-state index contributed by atoms with van der Waals surface area (Å²) in [4.78, 5) is 24.4. The summed E-state index contributed by atoms with van der Waals surface area (Å²) >= 11 is 0. The first kappa shape index (κ1) is 16.0. The van der Waals surface area contributed by atoms with Crippen molar-refractivity contribution in [3.05, 3.63) is 42.2 Å². The van der Waals surface area contributed by atoms with Gasteiger partial charge in [-0.25, -0.2) is 9.48 Å². The number of ether oxygens (including phenoxy) is 2. The van der Waals surface area contributed by atoms with Gasteiger partial charge in [-0.3, -0.25) is 4.79 Å². The highest BCUT2D eigenvalue weighted by molar-refractivity contribution is 5.93. The first-order chi connectivity index (χ1) is 11.7. The van der Waals surface area contributed by atoms with Crippen molar-refractivity contribution in [2.75, 3.05) is 13.7 Å². The van der Waals surface area contributed by atoms with Crippen LogP contribution in [0.4, 0.5) is 0 Å². The number of methoxy groups -OCH3 is 1. The summed E-state index contributed by atoms with van der Waals surface area (Å²) in [5, 5.41) is 6.99. The van der Waals surface area contributed by atoms with Crippen LogP contribution in [0, 0.1) is 0 Å². The molecule has 1 saturated heterocycles. The molecule has 1 aliphatic heterocycles. The Kier molecular flexibility index (Phi) is 4.79. The highest BCUT2D eigenvalue weighted by atomic mass is 16.6. The molecule has 0 radical (unpaired) electrons. The Hall–Kier alpha value is -2.83. The van der Waals surface area contributed by atoms with Crippen molar-refractivity contribution in [1.82, 2.24) is 15.1 Å². The molecule has 1 fully saturated rings. The minimum atomic E-state index is -0.786. The van der Waals surface area contributed by atoms with E-state index in [2.05, 4.69) is 10.4 Å². The zero-order valence-electron chi connectivity index (χ0n) is 13.4. The number of nitrogens with zero attached hydrogens (tertiary/aromatic N) is 2. The molecular weight excluding hydrogens is 310 g/mol. The number of amides is 1. The molecule has 3 rings (SSSR count). The Balaban J connectivity index is 1.81. The summed E-state index contributed by atoms with van der Waals surface area (Å²) in [7, 11) is 1.46. The minimum absolute atomic E-state index is 0.0541. The van der Waals surface area contributed by atoms with Gasteiger partial charge in [0.2, 0.25) is 5.69 Å². The van der Waals surface area contributed by atoms with E-state index in [1.54, 1.807) is 10.9 Å². The van der Waals surface area contributed by atoms with Gasteiger partial charge in [0, 0.05) is 6.54 Å². The van der Waals surface area contributed by atoms with Crippen molar-refractivity contribution in [2.45, 2.75) is 25.4 Å². The Bertz CT molecular complexity index is 727. The summed E-state index contributed by atoms with van der Waals surface area (Å²) in [6.07, 6.45) is 3.04. The molecule has 0 aliphatic carbocycles. The lowest BCUT2D eigenvalue weighted by molar-refractivity contribution is -0.129. The molecule has 2 heterocycles. The number of carbonyl (C=O) groups excluding carboxylic acids is 2. The fourth-order valence-electron chi connectivity index (χ4n) is 2.57. The topological polar surface area (TPSA) is 82.5 Å². The normalized spacial score (nSPS) is 17.7. The molecular formula is C17H19N3O4. The van der Waals surface area contributed by atoms with Crippen molar-refractivity contribution >= 4 is 11.9 Å². The molecule has 126 valence electrons. The lowest BCUT2D eigenvalue weighted by Gasteiger charge is -2.13. The first-order valence-corrected chi connectivity index (χ1v) is 7.87. The highest BCUT2D eigenvalue weighted by Crippen LogP contribution is 2.21. The molecule has 1 amide bonds. The van der Waals surface area contributed by atoms with Crippen LogP contribution < -0.4 is 10.1 Å². The van der Waals surface area contributed by atoms with Gasteiger partial charge in [0.25, 0.3) is 5.91 Å². The highest BCUT2D eigenvalue weighted by Gasteiger charge is 2.28. The standard InChI is InChI=1S/C17H19N3O4/c1-23-14-11-20(12-7-3-2-4-8-12)19-15(14)17(22)24-13-9-5-6-10-18-16(13)21/h2-4,7-8,11,13H,5-6,9-10H2,1H3,(H,18,21)/t13-/m0/s1. The molecule has 0 saturated carbocycles. The van der Waals surface area contributed by atoms with Crippen molar-refractivity contribution in [3.63, 3.8) is 0 Å². The average molecular weight is 329 g/mol. The minimum Gasteiger partial charge on any atom is -0.493 e. The van der Waals surface area contributed by atoms with Gasteiger partial charge >= 0.3 is 5.97 Å². The number of esters is 1. The quantitative estimate of drug-likeness (QED) is 0.864. The van der Waals surface area contributed by atoms with E-state index in [0.29, 0.717) is 18.7 Å². The van der Waals surface area contributed by atoms with Crippen LogP contribution in [0.15, 0.2) is 36.5 Å². The molecule has 7 heteroatoms. The second-order valence-corrected chi connectivity index (χ2v) is 5.51. The third-order valence-electron chi connectivity index (χ3n) is 3.85. The average Bonchev–Trinajstić information content (AvgIpc) is 2.95. The van der Waals surface area contributed by atoms with E-state index >= 15 is 0 Å². The van der Waals surface area contributed by atoms with E-state index in [1.807, 2.05) is 30.3 Å². The number of hydrogen-bond donors (Lipinski definition) is 1. The van der Waals surface area contributed by atoms with E-state index in [4.69, 9.17) is 9.47 Å². The Morgan fingerprint density at radius 3 is 2.83 bits per heavy atom. The molecule has 1 aliphatic rings. The summed E-state index contributed by atoms with van der Waals surface area (Å²) in [5.74, 6) is -0.622. The maximum Gasteiger partial charge on any atom is 0.363 e. The number of rotatable bonds is 4. The van der Waals surface area contributed by atoms with Gasteiger partial charge in [-0.1, -0.05) is 18.2 Å². The zero-order chi connectivity index (χ0) is 16.9. The molecule has 2 aromatic rings. The predicted molar refractivity (Wildman–Crippen MR) is 86.2 cm³/mol. The largest absolute Gasteiger partial charge is 0.493 e. The van der Waals surface area contributed by atoms with Gasteiger partial charge in [-0.05, 0) is 31.4 Å². The molecule has 24 heavy (non-hydrogen) atoms. The lowest BCUT2D eigenvalue weighted by atomic mass is 10.2. The fraction of sp³-hybridized carbons (Fsp3) is 0.353. The van der Waals surface area contributed by atoms with Gasteiger partial charge in [0.1, 0.15) is 0 Å². The second kappa shape index (κ2) is 7.16. The molecule has 1 aromatic heterocycles. The zero-order valence-corrected chi connectivity index (χ0v) is 13.4. The van der Waals surface area contributed by atoms with Crippen molar-refractivity contribution in [2.24, 2.45) is 0 Å². The van der Waals surface area contributed by atoms with Crippen LogP contribution in [0.5, 0.6) is 5.75 Å². The maximum atomic E-state index is 12.4. The van der Waals surface area contributed by atoms with Crippen LogP contribution in [0.25, 0.3) is 5.69 Å². The van der Waals surface area contributed by atoms with Crippen LogP contribution in [-0.4, -0.2) is 41.4 Å². The molecule has 0 spiro atoms. The fourth-order valence-corrected chi connectivity index (χ4v) is 2.57. The van der Waals surface area contributed by atoms with Crippen LogP contribution in [-0.2, 0) is 9.53 Å². The van der Waals surface area contributed by atoms with Gasteiger partial charge in [0.05, 0.1) is 19.0 Å². The number of nitrogens with one attached hydrogen (secondary N) is 1. The van der Waals surface area contributed by atoms with Crippen molar-refractivity contribution < 1.29 is 19.1 Å². The predicted octanol–water partition coefficient (Wildman–Crippen LogP) is 1.71. The third kappa shape index (κ3) is 3.40. The molecule has 1 N–H and O–H groups in total. The van der Waals surface area contributed by atoms with Gasteiger partial charge in [-0.15, -0.1) is 0 Å². The van der Waals surface area contributed by atoms with Gasteiger partial charge < -0.3 is 14.8 Å². The summed E-state index contributed by atoms with van der Waals surface area (Å²) in [6.45, 7) is 0.610. The van der Waals surface area contributed by atoms with E-state index in [0.717, 1.165) is 18.5 Å². The number of para-hydroxylation sites is 1. The third-order valence-corrected chi connectivity index (χ3v) is 3.85. The maximum absolute atomic E-state index is 12.4. The van der Waals surface area contributed by atoms with Crippen LogP contribution >= 0.6 is 0 Å².